The van der Waals surface area contributed by atoms with Gasteiger partial charge in [0.05, 0.1) is 0 Å². The van der Waals surface area contributed by atoms with Crippen LogP contribution in [0.15, 0.2) is 0 Å². The van der Waals surface area contributed by atoms with Crippen LogP contribution in [0.1, 0.15) is 6.92 Å². The van der Waals surface area contributed by atoms with Gasteiger partial charge in [0.15, 0.2) is 0 Å². The van der Waals surface area contributed by atoms with Crippen molar-refractivity contribution in [2.45, 2.75) is 6.92 Å². The van der Waals surface area contributed by atoms with Gasteiger partial charge in [-0.2, -0.15) is 0 Å². The Kier molecular flexibility index (Phi) is 56.6. The first-order valence-corrected chi connectivity index (χ1v) is 1.42. The fourth-order valence-electron chi connectivity index (χ4n) is 0. The van der Waals surface area contributed by atoms with E-state index in [-0.39, 0.29) is 81.9 Å². The molecule has 0 bridgehead atoms. The number of hydrogen-bond acceptors (Lipinski definition) is 2. The minimum atomic E-state index is -0.833. The van der Waals surface area contributed by atoms with E-state index < -0.39 is 5.97 Å². The summed E-state index contributed by atoms with van der Waals surface area (Å²) in [5.74, 6) is -0.833. The molecule has 9 heavy (non-hydrogen) atoms. The van der Waals surface area contributed by atoms with Gasteiger partial charge in [-0.15, -0.1) is 0 Å². The quantitative estimate of drug-likeness (QED) is 0.341. The fraction of sp³-hybridized carbons (Fsp3) is 0.333. The molecule has 0 aliphatic heterocycles. The Bertz CT molecular complexity index is 60.8. The Hall–Kier alpha value is 1.46. The standard InChI is InChI=1S/C2H4O2.CH2O2.2Ca.4H/c1-2(3)4;2-1-3;;;;;;/h1H3,(H,3,4);1H,(H,2,3);;;;;;. The predicted molar refractivity (Wildman–Crippen MR) is 39.1 cm³/mol. The number of carbonyl (C=O) groups is 2. The van der Waals surface area contributed by atoms with Crippen LogP contribution < -0.4 is 0 Å². The molecule has 0 aromatic heterocycles. The van der Waals surface area contributed by atoms with Crippen molar-refractivity contribution in [2.75, 3.05) is 0 Å². The summed E-state index contributed by atoms with van der Waals surface area (Å²) in [5, 5.41) is 14.3. The molecular formula is C3H10Ca2O4. The third kappa shape index (κ3) is 247. The molecule has 0 amide bonds. The van der Waals surface area contributed by atoms with E-state index in [1.807, 2.05) is 0 Å². The zero-order valence-electron chi connectivity index (χ0n) is 3.79. The van der Waals surface area contributed by atoms with Gasteiger partial charge in [-0.25, -0.2) is 0 Å². The van der Waals surface area contributed by atoms with Crippen LogP contribution in [0, 0.1) is 0 Å². The van der Waals surface area contributed by atoms with Crippen LogP contribution in [0.5, 0.6) is 0 Å². The van der Waals surface area contributed by atoms with Gasteiger partial charge in [0.25, 0.3) is 12.4 Å². The SMILES string of the molecule is CC(=O)O.O=CO.[CaH2].[CaH2]. The van der Waals surface area contributed by atoms with Crippen molar-refractivity contribution < 1.29 is 19.8 Å². The van der Waals surface area contributed by atoms with Crippen molar-refractivity contribution in [1.29, 1.82) is 0 Å². The van der Waals surface area contributed by atoms with Crippen LogP contribution >= 0.6 is 0 Å². The maximum absolute atomic E-state index is 9.00. The number of rotatable bonds is 0. The summed E-state index contributed by atoms with van der Waals surface area (Å²) >= 11 is 0. The molecule has 50 valence electrons. The van der Waals surface area contributed by atoms with Crippen LogP contribution in [-0.2, 0) is 9.59 Å². The van der Waals surface area contributed by atoms with Crippen molar-refractivity contribution in [3.63, 3.8) is 0 Å². The Labute approximate surface area is 113 Å². The maximum atomic E-state index is 9.00. The van der Waals surface area contributed by atoms with Gasteiger partial charge in [0.2, 0.25) is 0 Å². The summed E-state index contributed by atoms with van der Waals surface area (Å²) < 4.78 is 0. The van der Waals surface area contributed by atoms with E-state index in [4.69, 9.17) is 19.8 Å². The van der Waals surface area contributed by atoms with E-state index in [9.17, 15) is 0 Å². The summed E-state index contributed by atoms with van der Waals surface area (Å²) in [6.07, 6.45) is 0. The number of carboxylic acids is 1. The summed E-state index contributed by atoms with van der Waals surface area (Å²) in [5.41, 5.74) is 0. The average molecular weight is 190 g/mol. The van der Waals surface area contributed by atoms with Crippen molar-refractivity contribution in [3.8, 4) is 0 Å². The van der Waals surface area contributed by atoms with Crippen molar-refractivity contribution in [2.24, 2.45) is 0 Å². The molecule has 0 aromatic rings. The molecule has 0 rings (SSSR count). The normalized spacial score (nSPS) is 4.11. The average Bonchev–Trinajstić information content (AvgIpc) is 1.33. The molecule has 2 N–H and O–H groups in total. The van der Waals surface area contributed by atoms with E-state index >= 15 is 0 Å². The molecule has 0 heterocycles. The summed E-state index contributed by atoms with van der Waals surface area (Å²) in [6.45, 7) is 0.833. The van der Waals surface area contributed by atoms with Crippen LogP contribution in [0.25, 0.3) is 0 Å². The van der Waals surface area contributed by atoms with Gasteiger partial charge in [-0.3, -0.25) is 9.59 Å². The first kappa shape index (κ1) is 22.4. The van der Waals surface area contributed by atoms with Crippen LogP contribution in [-0.4, -0.2) is 98.1 Å². The molecule has 0 fully saturated rings. The summed E-state index contributed by atoms with van der Waals surface area (Å²) in [7, 11) is 0. The molecule has 0 aliphatic rings. The van der Waals surface area contributed by atoms with Gasteiger partial charge >= 0.3 is 75.5 Å². The molecule has 0 spiro atoms. The van der Waals surface area contributed by atoms with Gasteiger partial charge in [0, 0.05) is 6.92 Å². The molecule has 0 aliphatic carbocycles. The van der Waals surface area contributed by atoms with Crippen molar-refractivity contribution in [3.05, 3.63) is 0 Å². The van der Waals surface area contributed by atoms with E-state index in [1.54, 1.807) is 0 Å². The molecule has 0 radical (unpaired) electrons. The first-order chi connectivity index (χ1) is 3.15. The monoisotopic (exact) mass is 190 g/mol. The molecular weight excluding hydrogens is 180 g/mol. The molecule has 0 atom stereocenters. The molecule has 0 saturated heterocycles. The van der Waals surface area contributed by atoms with Gasteiger partial charge in [-0.05, 0) is 0 Å². The summed E-state index contributed by atoms with van der Waals surface area (Å²) in [4.78, 5) is 17.4. The van der Waals surface area contributed by atoms with E-state index in [0.29, 0.717) is 0 Å². The third-order valence-corrected chi connectivity index (χ3v) is 0. The molecule has 6 heteroatoms. The molecule has 0 saturated carbocycles. The second-order valence-corrected chi connectivity index (χ2v) is 0.624. The van der Waals surface area contributed by atoms with Crippen LogP contribution in [0.3, 0.4) is 0 Å². The van der Waals surface area contributed by atoms with Gasteiger partial charge in [-0.1, -0.05) is 0 Å². The van der Waals surface area contributed by atoms with Crippen LogP contribution in [0.2, 0.25) is 0 Å². The fourth-order valence-corrected chi connectivity index (χ4v) is 0. The van der Waals surface area contributed by atoms with E-state index in [1.165, 1.54) is 0 Å². The topological polar surface area (TPSA) is 74.6 Å². The van der Waals surface area contributed by atoms with E-state index in [0.717, 1.165) is 6.92 Å². The molecule has 0 aromatic carbocycles. The number of carboxylic acid groups (broad SMARTS) is 2. The van der Waals surface area contributed by atoms with E-state index in [2.05, 4.69) is 0 Å². The second-order valence-electron chi connectivity index (χ2n) is 0.624. The summed E-state index contributed by atoms with van der Waals surface area (Å²) in [6, 6.07) is 0. The number of aliphatic carboxylic acids is 1. The zero-order chi connectivity index (χ0) is 6.28. The predicted octanol–water partition coefficient (Wildman–Crippen LogP) is -2.04. The number of hydrogen-bond donors (Lipinski definition) is 2. The zero-order valence-corrected chi connectivity index (χ0v) is 3.79. The Balaban J connectivity index is -0.0000000233. The van der Waals surface area contributed by atoms with Gasteiger partial charge < -0.3 is 10.2 Å². The molecule has 4 nitrogen and oxygen atoms in total. The Morgan fingerprint density at radius 2 is 1.44 bits per heavy atom. The van der Waals surface area contributed by atoms with Crippen molar-refractivity contribution >= 4 is 87.9 Å². The van der Waals surface area contributed by atoms with Crippen LogP contribution in [0.4, 0.5) is 0 Å². The second kappa shape index (κ2) is 22.7. The Morgan fingerprint density at radius 1 is 1.44 bits per heavy atom. The van der Waals surface area contributed by atoms with Crippen molar-refractivity contribution in [1.82, 2.24) is 0 Å². The third-order valence-electron chi connectivity index (χ3n) is 0. The molecule has 0 unspecified atom stereocenters. The first-order valence-electron chi connectivity index (χ1n) is 1.42. The minimum absolute atomic E-state index is 0. The Morgan fingerprint density at radius 3 is 1.44 bits per heavy atom. The van der Waals surface area contributed by atoms with Gasteiger partial charge in [0.1, 0.15) is 0 Å².